The van der Waals surface area contributed by atoms with E-state index in [1.807, 2.05) is 31.2 Å². The van der Waals surface area contributed by atoms with Gasteiger partial charge in [0.15, 0.2) is 21.4 Å². The number of furan rings is 1. The van der Waals surface area contributed by atoms with Crippen LogP contribution in [0.1, 0.15) is 64.5 Å². The predicted molar refractivity (Wildman–Crippen MR) is 109 cm³/mol. The molecule has 0 N–H and O–H groups in total. The third-order valence-electron chi connectivity index (χ3n) is 5.15. The van der Waals surface area contributed by atoms with Crippen molar-refractivity contribution < 1.29 is 27.2 Å². The lowest BCUT2D eigenvalue weighted by atomic mass is 9.89. The molecule has 0 aliphatic heterocycles. The second-order valence-electron chi connectivity index (χ2n) is 7.00. The SMILES string of the molecule is CCCC1=C(S(=O)(=O)CC)C(=O)c2oc(Cc3ccc(OC)cc3)c(C)c2C1=O. The van der Waals surface area contributed by atoms with Gasteiger partial charge in [0.25, 0.3) is 0 Å². The standard InChI is InChI=1S/C22H24O6S/c1-5-7-16-19(23)18-13(3)17(12-14-8-10-15(27-4)11-9-14)28-21(18)20(24)22(16)29(25,26)6-2/h8-11H,5-7,12H2,1-4H3. The fourth-order valence-corrected chi connectivity index (χ4v) is 4.77. The molecule has 29 heavy (non-hydrogen) atoms. The number of benzene rings is 1. The van der Waals surface area contributed by atoms with Gasteiger partial charge in [-0.2, -0.15) is 0 Å². The number of fused-ring (bicyclic) bond motifs is 1. The molecule has 6 nitrogen and oxygen atoms in total. The number of Topliss-reactive ketones (excluding diaryl/α,β-unsaturated/α-hetero) is 2. The Bertz CT molecular complexity index is 1100. The van der Waals surface area contributed by atoms with Gasteiger partial charge in [0, 0.05) is 17.6 Å². The van der Waals surface area contributed by atoms with Crippen LogP contribution in [0.2, 0.25) is 0 Å². The summed E-state index contributed by atoms with van der Waals surface area (Å²) in [6, 6.07) is 7.38. The highest BCUT2D eigenvalue weighted by molar-refractivity contribution is 7.96. The Morgan fingerprint density at radius 1 is 1.03 bits per heavy atom. The number of methoxy groups -OCH3 is 1. The molecule has 0 fully saturated rings. The van der Waals surface area contributed by atoms with Crippen molar-refractivity contribution >= 4 is 21.4 Å². The monoisotopic (exact) mass is 416 g/mol. The summed E-state index contributed by atoms with van der Waals surface area (Å²) in [7, 11) is -2.27. The molecule has 1 heterocycles. The first-order valence-corrected chi connectivity index (χ1v) is 11.2. The second-order valence-corrected chi connectivity index (χ2v) is 9.21. The van der Waals surface area contributed by atoms with Crippen LogP contribution in [-0.4, -0.2) is 32.8 Å². The number of ether oxygens (including phenoxy) is 1. The third kappa shape index (κ3) is 3.67. The maximum Gasteiger partial charge on any atom is 0.240 e. The summed E-state index contributed by atoms with van der Waals surface area (Å²) < 4.78 is 36.1. The van der Waals surface area contributed by atoms with Gasteiger partial charge in [0.05, 0.1) is 18.4 Å². The molecular formula is C22H24O6S. The third-order valence-corrected chi connectivity index (χ3v) is 6.96. The van der Waals surface area contributed by atoms with Crippen molar-refractivity contribution in [3.63, 3.8) is 0 Å². The van der Waals surface area contributed by atoms with Crippen LogP contribution in [0.5, 0.6) is 5.75 Å². The Hall–Kier alpha value is -2.67. The molecule has 1 aromatic carbocycles. The quantitative estimate of drug-likeness (QED) is 0.676. The van der Waals surface area contributed by atoms with E-state index in [0.29, 0.717) is 24.2 Å². The van der Waals surface area contributed by atoms with E-state index >= 15 is 0 Å². The minimum atomic E-state index is -3.85. The van der Waals surface area contributed by atoms with Crippen LogP contribution in [0, 0.1) is 6.92 Å². The highest BCUT2D eigenvalue weighted by Gasteiger charge is 2.42. The van der Waals surface area contributed by atoms with Gasteiger partial charge in [0.2, 0.25) is 5.78 Å². The summed E-state index contributed by atoms with van der Waals surface area (Å²) in [5.74, 6) is -0.347. The Morgan fingerprint density at radius 3 is 2.24 bits per heavy atom. The highest BCUT2D eigenvalue weighted by atomic mass is 32.2. The molecular weight excluding hydrogens is 392 g/mol. The van der Waals surface area contributed by atoms with Crippen molar-refractivity contribution in [2.45, 2.75) is 40.0 Å². The van der Waals surface area contributed by atoms with Gasteiger partial charge >= 0.3 is 0 Å². The number of carbonyl (C=O) groups excluding carboxylic acids is 2. The first kappa shape index (κ1) is 21.0. The molecule has 7 heteroatoms. The topological polar surface area (TPSA) is 90.7 Å². The minimum Gasteiger partial charge on any atom is -0.497 e. The van der Waals surface area contributed by atoms with Gasteiger partial charge < -0.3 is 9.15 Å². The normalized spacial score (nSPS) is 14.3. The van der Waals surface area contributed by atoms with E-state index in [0.717, 1.165) is 11.3 Å². The van der Waals surface area contributed by atoms with E-state index in [2.05, 4.69) is 0 Å². The Balaban J connectivity index is 2.08. The van der Waals surface area contributed by atoms with Gasteiger partial charge in [-0.25, -0.2) is 8.42 Å². The van der Waals surface area contributed by atoms with Gasteiger partial charge in [-0.3, -0.25) is 9.59 Å². The van der Waals surface area contributed by atoms with Crippen LogP contribution >= 0.6 is 0 Å². The van der Waals surface area contributed by atoms with Gasteiger partial charge in [-0.05, 0) is 31.0 Å². The summed E-state index contributed by atoms with van der Waals surface area (Å²) in [4.78, 5) is 25.8. The lowest BCUT2D eigenvalue weighted by Crippen LogP contribution is -2.27. The Kier molecular flexibility index (Phi) is 5.80. The fraction of sp³-hybridized carbons (Fsp3) is 0.364. The van der Waals surface area contributed by atoms with E-state index < -0.39 is 26.3 Å². The molecule has 0 amide bonds. The average molecular weight is 416 g/mol. The maximum atomic E-state index is 13.1. The smallest absolute Gasteiger partial charge is 0.240 e. The van der Waals surface area contributed by atoms with E-state index in [1.165, 1.54) is 6.92 Å². The molecule has 1 aliphatic rings. The largest absolute Gasteiger partial charge is 0.497 e. The van der Waals surface area contributed by atoms with Crippen molar-refractivity contribution in [3.8, 4) is 5.75 Å². The second kappa shape index (κ2) is 7.99. The summed E-state index contributed by atoms with van der Waals surface area (Å²) in [5.41, 5.74) is 1.77. The summed E-state index contributed by atoms with van der Waals surface area (Å²) in [6.07, 6.45) is 1.17. The number of hydrogen-bond acceptors (Lipinski definition) is 6. The fourth-order valence-electron chi connectivity index (χ4n) is 3.54. The molecule has 2 aromatic rings. The first-order valence-electron chi connectivity index (χ1n) is 9.55. The average Bonchev–Trinajstić information content (AvgIpc) is 3.03. The minimum absolute atomic E-state index is 0.0757. The van der Waals surface area contributed by atoms with Crippen molar-refractivity contribution in [3.05, 3.63) is 63.0 Å². The van der Waals surface area contributed by atoms with Crippen LogP contribution < -0.4 is 4.74 Å². The zero-order valence-corrected chi connectivity index (χ0v) is 17.8. The van der Waals surface area contributed by atoms with Crippen LogP contribution in [0.4, 0.5) is 0 Å². The van der Waals surface area contributed by atoms with Crippen molar-refractivity contribution in [2.24, 2.45) is 0 Å². The molecule has 0 saturated carbocycles. The Labute approximate surface area is 170 Å². The van der Waals surface area contributed by atoms with Gasteiger partial charge in [-0.1, -0.05) is 32.4 Å². The summed E-state index contributed by atoms with van der Waals surface area (Å²) >= 11 is 0. The zero-order valence-electron chi connectivity index (χ0n) is 17.0. The highest BCUT2D eigenvalue weighted by Crippen LogP contribution is 2.37. The summed E-state index contributed by atoms with van der Waals surface area (Å²) in [6.45, 7) is 5.03. The van der Waals surface area contributed by atoms with Crippen molar-refractivity contribution in [2.75, 3.05) is 12.9 Å². The first-order chi connectivity index (χ1) is 13.7. The summed E-state index contributed by atoms with van der Waals surface area (Å²) in [5, 5.41) is 0. The molecule has 0 radical (unpaired) electrons. The number of rotatable bonds is 7. The van der Waals surface area contributed by atoms with E-state index in [1.54, 1.807) is 14.0 Å². The molecule has 0 bridgehead atoms. The van der Waals surface area contributed by atoms with Crippen molar-refractivity contribution in [1.82, 2.24) is 0 Å². The maximum absolute atomic E-state index is 13.1. The number of allylic oxidation sites excluding steroid dienone is 2. The molecule has 0 saturated heterocycles. The molecule has 0 atom stereocenters. The molecule has 0 unspecified atom stereocenters. The van der Waals surface area contributed by atoms with Crippen LogP contribution in [0.25, 0.3) is 0 Å². The number of sulfone groups is 1. The van der Waals surface area contributed by atoms with Crippen LogP contribution in [-0.2, 0) is 16.3 Å². The predicted octanol–water partition coefficient (Wildman–Crippen LogP) is 4.06. The number of ketones is 2. The molecule has 1 aliphatic carbocycles. The molecule has 0 spiro atoms. The molecule has 1 aromatic heterocycles. The lowest BCUT2D eigenvalue weighted by molar-refractivity contribution is 0.0959. The van der Waals surface area contributed by atoms with Crippen LogP contribution in [0.3, 0.4) is 0 Å². The van der Waals surface area contributed by atoms with Crippen molar-refractivity contribution in [1.29, 1.82) is 0 Å². The zero-order chi connectivity index (χ0) is 21.3. The van der Waals surface area contributed by atoms with Crippen LogP contribution in [0.15, 0.2) is 39.2 Å². The van der Waals surface area contributed by atoms with E-state index in [4.69, 9.17) is 9.15 Å². The Morgan fingerprint density at radius 2 is 1.69 bits per heavy atom. The lowest BCUT2D eigenvalue weighted by Gasteiger charge is -2.17. The molecule has 154 valence electrons. The van der Waals surface area contributed by atoms with Gasteiger partial charge in [-0.15, -0.1) is 0 Å². The van der Waals surface area contributed by atoms with E-state index in [-0.39, 0.29) is 29.1 Å². The van der Waals surface area contributed by atoms with Gasteiger partial charge in [0.1, 0.15) is 16.4 Å². The number of carbonyl (C=O) groups is 2. The molecule has 3 rings (SSSR count). The van der Waals surface area contributed by atoms with E-state index in [9.17, 15) is 18.0 Å². The number of hydrogen-bond donors (Lipinski definition) is 0.